The summed E-state index contributed by atoms with van der Waals surface area (Å²) < 4.78 is 4.60. The number of aromatic nitrogens is 2. The molecule has 0 amide bonds. The van der Waals surface area contributed by atoms with Crippen molar-refractivity contribution in [1.82, 2.24) is 4.40 Å². The van der Waals surface area contributed by atoms with Crippen LogP contribution in [0.2, 0.25) is 0 Å². The van der Waals surface area contributed by atoms with Gasteiger partial charge in [0.25, 0.3) is 5.65 Å². The molecule has 0 atom stereocenters. The minimum Gasteiger partial charge on any atom is -1.00 e. The zero-order chi connectivity index (χ0) is 20.4. The molecule has 0 aliphatic rings. The fourth-order valence-corrected chi connectivity index (χ4v) is 7.88. The average Bonchev–Trinajstić information content (AvgIpc) is 3.19. The molecule has 0 radical (unpaired) electrons. The number of rotatable bonds is 5. The van der Waals surface area contributed by atoms with E-state index in [9.17, 15) is 0 Å². The lowest BCUT2D eigenvalue weighted by molar-refractivity contribution is -0.661. The zero-order valence-corrected chi connectivity index (χ0v) is 20.2. The summed E-state index contributed by atoms with van der Waals surface area (Å²) in [5.74, 6) is 0. The molecule has 154 valence electrons. The highest BCUT2D eigenvalue weighted by Crippen LogP contribution is 2.42. The smallest absolute Gasteiger partial charge is 0.287 e. The molecule has 0 bridgehead atoms. The van der Waals surface area contributed by atoms with Crippen LogP contribution in [0.4, 0.5) is 0 Å². The lowest BCUT2D eigenvalue weighted by Gasteiger charge is -2.20. The van der Waals surface area contributed by atoms with Gasteiger partial charge in [-0.05, 0) is 22.2 Å². The summed E-state index contributed by atoms with van der Waals surface area (Å²) >= 11 is 6.58. The summed E-state index contributed by atoms with van der Waals surface area (Å²) in [5, 5.41) is 2.42. The summed E-state index contributed by atoms with van der Waals surface area (Å²) in [5.41, 5.74) is 3.61. The van der Waals surface area contributed by atoms with Crippen LogP contribution in [-0.4, -0.2) is 4.40 Å². The van der Waals surface area contributed by atoms with Crippen LogP contribution in [0.3, 0.4) is 0 Å². The Labute approximate surface area is 198 Å². The van der Waals surface area contributed by atoms with Crippen LogP contribution in [0.1, 0.15) is 5.56 Å². The predicted molar refractivity (Wildman–Crippen MR) is 129 cm³/mol. The first-order valence-electron chi connectivity index (χ1n) is 10.0. The molecule has 5 aromatic rings. The number of hydrogen-bond acceptors (Lipinski definition) is 1. The lowest BCUT2D eigenvalue weighted by Crippen LogP contribution is -3.00. The SMILES string of the molecule is S=P(c1ccccc1)(c1ccccc1)c1c[n+](Cc2ccccc2)c2ccccn12.[Br-]. The van der Waals surface area contributed by atoms with E-state index in [0.717, 1.165) is 12.2 Å². The van der Waals surface area contributed by atoms with Gasteiger partial charge < -0.3 is 17.0 Å². The lowest BCUT2D eigenvalue weighted by atomic mass is 10.2. The number of benzene rings is 3. The molecule has 3 aromatic carbocycles. The maximum absolute atomic E-state index is 6.58. The maximum Gasteiger partial charge on any atom is 0.287 e. The van der Waals surface area contributed by atoms with Gasteiger partial charge in [0.05, 0.1) is 12.2 Å². The molecule has 0 spiro atoms. The Balaban J connectivity index is 0.00000231. The largest absolute Gasteiger partial charge is 1.00 e. The highest BCUT2D eigenvalue weighted by atomic mass is 79.9. The molecule has 5 rings (SSSR count). The third kappa shape index (κ3) is 4.04. The summed E-state index contributed by atoms with van der Waals surface area (Å²) in [4.78, 5) is 0. The Hall–Kier alpha value is -2.52. The quantitative estimate of drug-likeness (QED) is 0.256. The molecule has 5 heteroatoms. The van der Waals surface area contributed by atoms with E-state index in [1.807, 2.05) is 0 Å². The molecule has 0 unspecified atom stereocenters. The number of hydrogen-bond donors (Lipinski definition) is 0. The van der Waals surface area contributed by atoms with Gasteiger partial charge in [-0.25, -0.2) is 4.57 Å². The fourth-order valence-electron chi connectivity index (χ4n) is 3.96. The second kappa shape index (κ2) is 9.32. The van der Waals surface area contributed by atoms with E-state index in [2.05, 4.69) is 131 Å². The summed E-state index contributed by atoms with van der Waals surface area (Å²) in [6, 6.07) is 35.9. The molecule has 0 saturated heterocycles. The van der Waals surface area contributed by atoms with Crippen LogP contribution in [0, 0.1) is 0 Å². The van der Waals surface area contributed by atoms with E-state index in [-0.39, 0.29) is 17.0 Å². The number of nitrogens with zero attached hydrogens (tertiary/aromatic N) is 2. The number of pyridine rings is 1. The molecule has 0 fully saturated rings. The summed E-state index contributed by atoms with van der Waals surface area (Å²) in [7, 11) is 0. The minimum absolute atomic E-state index is 0. The molecule has 0 saturated carbocycles. The standard InChI is InChI=1S/C26H22N2PS.BrH/c30-29(23-14-6-2-7-15-23,24-16-8-3-9-17-24)26-21-27(20-22-12-4-1-5-13-22)25-18-10-11-19-28(25)26;/h1-19,21H,20H2;1H/q+1;/p-1. The topological polar surface area (TPSA) is 8.29 Å². The predicted octanol–water partition coefficient (Wildman–Crippen LogP) is 1.03. The third-order valence-corrected chi connectivity index (χ3v) is 10.3. The molecule has 2 aromatic heterocycles. The highest BCUT2D eigenvalue weighted by molar-refractivity contribution is 8.25. The van der Waals surface area contributed by atoms with Gasteiger partial charge in [-0.1, -0.05) is 109 Å². The van der Waals surface area contributed by atoms with Crippen LogP contribution in [0.25, 0.3) is 5.65 Å². The van der Waals surface area contributed by atoms with Crippen molar-refractivity contribution < 1.29 is 21.5 Å². The Morgan fingerprint density at radius 2 is 1.19 bits per heavy atom. The van der Waals surface area contributed by atoms with Crippen LogP contribution in [0.5, 0.6) is 0 Å². The van der Waals surface area contributed by atoms with E-state index in [1.165, 1.54) is 21.6 Å². The Morgan fingerprint density at radius 1 is 0.677 bits per heavy atom. The molecule has 0 aliphatic heterocycles. The molecule has 2 nitrogen and oxygen atoms in total. The van der Waals surface area contributed by atoms with E-state index < -0.39 is 6.04 Å². The average molecular weight is 505 g/mol. The van der Waals surface area contributed by atoms with Gasteiger partial charge in [-0.2, -0.15) is 4.40 Å². The van der Waals surface area contributed by atoms with Crippen molar-refractivity contribution in [2.75, 3.05) is 0 Å². The Bertz CT molecular complexity index is 1290. The maximum atomic E-state index is 6.58. The van der Waals surface area contributed by atoms with Gasteiger partial charge in [0.1, 0.15) is 12.7 Å². The van der Waals surface area contributed by atoms with E-state index in [1.54, 1.807) is 0 Å². The van der Waals surface area contributed by atoms with Gasteiger partial charge in [0, 0.05) is 6.07 Å². The highest BCUT2D eigenvalue weighted by Gasteiger charge is 2.33. The first kappa shape index (κ1) is 21.7. The normalized spacial score (nSPS) is 11.2. The molecular formula is C26H22BrN2PS. The molecule has 0 N–H and O–H groups in total. The van der Waals surface area contributed by atoms with Crippen molar-refractivity contribution in [3.63, 3.8) is 0 Å². The number of fused-ring (bicyclic) bond motifs is 1. The Morgan fingerprint density at radius 3 is 1.77 bits per heavy atom. The minimum atomic E-state index is -2.23. The molecule has 2 heterocycles. The van der Waals surface area contributed by atoms with E-state index in [4.69, 9.17) is 11.8 Å². The van der Waals surface area contributed by atoms with Crippen LogP contribution < -0.4 is 37.6 Å². The molecule has 0 aliphatic carbocycles. The van der Waals surface area contributed by atoms with Gasteiger partial charge in [-0.15, -0.1) is 0 Å². The van der Waals surface area contributed by atoms with Crippen molar-refractivity contribution in [2.45, 2.75) is 6.54 Å². The van der Waals surface area contributed by atoms with Crippen molar-refractivity contribution in [2.24, 2.45) is 0 Å². The van der Waals surface area contributed by atoms with Crippen LogP contribution in [-0.2, 0) is 18.4 Å². The molecule has 31 heavy (non-hydrogen) atoms. The van der Waals surface area contributed by atoms with Crippen LogP contribution >= 0.6 is 6.04 Å². The third-order valence-electron chi connectivity index (χ3n) is 5.41. The Kier molecular flexibility index (Phi) is 6.52. The van der Waals surface area contributed by atoms with Crippen molar-refractivity contribution in [3.8, 4) is 0 Å². The van der Waals surface area contributed by atoms with Crippen molar-refractivity contribution in [3.05, 3.63) is 127 Å². The van der Waals surface area contributed by atoms with Crippen LogP contribution in [0.15, 0.2) is 122 Å². The number of imidazole rings is 1. The second-order valence-electron chi connectivity index (χ2n) is 7.31. The molecular weight excluding hydrogens is 483 g/mol. The summed E-state index contributed by atoms with van der Waals surface area (Å²) in [6.45, 7) is 0.813. The van der Waals surface area contributed by atoms with Crippen molar-refractivity contribution in [1.29, 1.82) is 0 Å². The number of halogens is 1. The monoisotopic (exact) mass is 504 g/mol. The zero-order valence-electron chi connectivity index (χ0n) is 16.9. The van der Waals surface area contributed by atoms with Gasteiger partial charge in [0.15, 0.2) is 5.44 Å². The van der Waals surface area contributed by atoms with E-state index >= 15 is 0 Å². The van der Waals surface area contributed by atoms with Gasteiger partial charge in [-0.3, -0.25) is 0 Å². The van der Waals surface area contributed by atoms with Gasteiger partial charge in [0.2, 0.25) is 0 Å². The second-order valence-corrected chi connectivity index (χ2v) is 11.7. The first-order valence-corrected chi connectivity index (χ1v) is 12.8. The van der Waals surface area contributed by atoms with E-state index in [0.29, 0.717) is 0 Å². The first-order chi connectivity index (χ1) is 14.8. The summed E-state index contributed by atoms with van der Waals surface area (Å²) in [6.07, 6.45) is 4.40. The fraction of sp³-hybridized carbons (Fsp3) is 0.0385. The van der Waals surface area contributed by atoms with Crippen molar-refractivity contribution >= 4 is 39.5 Å². The van der Waals surface area contributed by atoms with Gasteiger partial charge >= 0.3 is 0 Å².